The second-order valence-corrected chi connectivity index (χ2v) is 4.02. The van der Waals surface area contributed by atoms with Crippen molar-refractivity contribution in [3.05, 3.63) is 29.8 Å². The third-order valence-corrected chi connectivity index (χ3v) is 2.71. The molecular weight excluding hydrogens is 239 g/mol. The van der Waals surface area contributed by atoms with Gasteiger partial charge in [-0.1, -0.05) is 26.3 Å². The number of carboxylic acid groups (broad SMARTS) is 1. The molecule has 0 saturated carbocycles. The molecule has 0 fully saturated rings. The minimum Gasteiger partial charge on any atom is -0.480 e. The Labute approximate surface area is 104 Å². The normalized spacial score (nSPS) is 13.7. The van der Waals surface area contributed by atoms with E-state index < -0.39 is 23.9 Å². The van der Waals surface area contributed by atoms with E-state index in [1.165, 1.54) is 12.1 Å². The van der Waals surface area contributed by atoms with Crippen LogP contribution in [0.2, 0.25) is 0 Å². The van der Waals surface area contributed by atoms with E-state index >= 15 is 0 Å². The lowest BCUT2D eigenvalue weighted by Crippen LogP contribution is -2.45. The van der Waals surface area contributed by atoms with Crippen molar-refractivity contribution in [1.29, 1.82) is 0 Å². The third-order valence-electron chi connectivity index (χ3n) is 2.71. The van der Waals surface area contributed by atoms with Gasteiger partial charge in [0.25, 0.3) is 5.91 Å². The molecule has 1 aromatic rings. The van der Waals surface area contributed by atoms with E-state index in [0.717, 1.165) is 6.07 Å². The van der Waals surface area contributed by atoms with Crippen molar-refractivity contribution in [2.24, 2.45) is 5.92 Å². The summed E-state index contributed by atoms with van der Waals surface area (Å²) in [6, 6.07) is 2.78. The van der Waals surface area contributed by atoms with Crippen LogP contribution in [0.15, 0.2) is 18.2 Å². The van der Waals surface area contributed by atoms with Crippen LogP contribution < -0.4 is 5.32 Å². The van der Waals surface area contributed by atoms with E-state index in [0.29, 0.717) is 6.42 Å². The van der Waals surface area contributed by atoms with Gasteiger partial charge in [-0.25, -0.2) is 9.78 Å². The lowest BCUT2D eigenvalue weighted by molar-refractivity contribution is -0.140. The van der Waals surface area contributed by atoms with Crippen molar-refractivity contribution in [2.45, 2.75) is 26.3 Å². The minimum absolute atomic E-state index is 0.135. The van der Waals surface area contributed by atoms with Crippen LogP contribution in [-0.2, 0) is 4.79 Å². The van der Waals surface area contributed by atoms with Gasteiger partial charge in [-0.15, -0.1) is 0 Å². The van der Waals surface area contributed by atoms with Gasteiger partial charge in [0, 0.05) is 0 Å². The number of carbonyl (C=O) groups excluding carboxylic acids is 1. The number of pyridine rings is 1. The zero-order chi connectivity index (χ0) is 13.7. The van der Waals surface area contributed by atoms with Gasteiger partial charge in [0.05, 0.1) is 0 Å². The average Bonchev–Trinajstić information content (AvgIpc) is 2.34. The van der Waals surface area contributed by atoms with Gasteiger partial charge in [0.15, 0.2) is 0 Å². The number of rotatable bonds is 5. The van der Waals surface area contributed by atoms with Gasteiger partial charge >= 0.3 is 5.97 Å². The maximum absolute atomic E-state index is 12.8. The summed E-state index contributed by atoms with van der Waals surface area (Å²) in [6.07, 6.45) is 0.605. The highest BCUT2D eigenvalue weighted by Gasteiger charge is 2.26. The molecule has 1 heterocycles. The zero-order valence-corrected chi connectivity index (χ0v) is 10.2. The highest BCUT2D eigenvalue weighted by molar-refractivity contribution is 5.94. The number of carbonyl (C=O) groups is 2. The van der Waals surface area contributed by atoms with Gasteiger partial charge in [-0.05, 0) is 18.1 Å². The smallest absolute Gasteiger partial charge is 0.326 e. The topological polar surface area (TPSA) is 79.3 Å². The molecule has 0 bridgehead atoms. The van der Waals surface area contributed by atoms with E-state index in [4.69, 9.17) is 5.11 Å². The molecule has 5 nitrogen and oxygen atoms in total. The quantitative estimate of drug-likeness (QED) is 0.779. The number of halogens is 1. The monoisotopic (exact) mass is 254 g/mol. The SMILES string of the molecule is CC[C@@H](C)[C@H](NC(=O)c1cccc(F)n1)C(=O)O. The summed E-state index contributed by atoms with van der Waals surface area (Å²) in [6.45, 7) is 3.55. The van der Waals surface area contributed by atoms with Crippen molar-refractivity contribution in [1.82, 2.24) is 10.3 Å². The van der Waals surface area contributed by atoms with E-state index in [9.17, 15) is 14.0 Å². The van der Waals surface area contributed by atoms with Crippen LogP contribution in [0, 0.1) is 11.9 Å². The van der Waals surface area contributed by atoms with E-state index in [-0.39, 0.29) is 11.6 Å². The molecule has 6 heteroatoms. The number of hydrogen-bond acceptors (Lipinski definition) is 3. The molecule has 1 amide bonds. The molecule has 0 spiro atoms. The molecule has 0 radical (unpaired) electrons. The summed E-state index contributed by atoms with van der Waals surface area (Å²) in [7, 11) is 0. The molecule has 0 aliphatic carbocycles. The first-order valence-corrected chi connectivity index (χ1v) is 5.62. The van der Waals surface area contributed by atoms with Crippen LogP contribution in [0.1, 0.15) is 30.8 Å². The van der Waals surface area contributed by atoms with Crippen molar-refractivity contribution in [3.63, 3.8) is 0 Å². The Balaban J connectivity index is 2.82. The lowest BCUT2D eigenvalue weighted by atomic mass is 9.99. The molecule has 0 aliphatic heterocycles. The highest BCUT2D eigenvalue weighted by Crippen LogP contribution is 2.09. The second-order valence-electron chi connectivity index (χ2n) is 4.02. The van der Waals surface area contributed by atoms with E-state index in [1.807, 2.05) is 6.92 Å². The zero-order valence-electron chi connectivity index (χ0n) is 10.2. The number of aliphatic carboxylic acids is 1. The van der Waals surface area contributed by atoms with Gasteiger partial charge in [0.2, 0.25) is 5.95 Å². The largest absolute Gasteiger partial charge is 0.480 e. The number of amides is 1. The Morgan fingerprint density at radius 3 is 2.67 bits per heavy atom. The van der Waals surface area contributed by atoms with Crippen molar-refractivity contribution < 1.29 is 19.1 Å². The molecule has 98 valence electrons. The summed E-state index contributed by atoms with van der Waals surface area (Å²) in [4.78, 5) is 26.2. The summed E-state index contributed by atoms with van der Waals surface area (Å²) in [5.74, 6) is -2.81. The molecule has 2 atom stereocenters. The Hall–Kier alpha value is -1.98. The summed E-state index contributed by atoms with van der Waals surface area (Å²) in [5, 5.41) is 11.4. The van der Waals surface area contributed by atoms with Gasteiger partial charge < -0.3 is 10.4 Å². The minimum atomic E-state index is -1.12. The van der Waals surface area contributed by atoms with E-state index in [1.54, 1.807) is 6.92 Å². The molecule has 0 aromatic carbocycles. The number of nitrogens with zero attached hydrogens (tertiary/aromatic N) is 1. The van der Waals surface area contributed by atoms with Crippen LogP contribution in [0.5, 0.6) is 0 Å². The van der Waals surface area contributed by atoms with Gasteiger partial charge in [0.1, 0.15) is 11.7 Å². The Kier molecular flexibility index (Phi) is 4.76. The Bertz CT molecular complexity index is 451. The van der Waals surface area contributed by atoms with Gasteiger partial charge in [-0.2, -0.15) is 4.39 Å². The number of aromatic nitrogens is 1. The first kappa shape index (κ1) is 14.1. The van der Waals surface area contributed by atoms with Crippen LogP contribution in [0.25, 0.3) is 0 Å². The Morgan fingerprint density at radius 2 is 2.17 bits per heavy atom. The van der Waals surface area contributed by atoms with Crippen LogP contribution in [-0.4, -0.2) is 28.0 Å². The number of carboxylic acids is 1. The summed E-state index contributed by atoms with van der Waals surface area (Å²) in [5.41, 5.74) is -0.135. The van der Waals surface area contributed by atoms with Crippen molar-refractivity contribution in [2.75, 3.05) is 0 Å². The number of nitrogens with one attached hydrogen (secondary N) is 1. The van der Waals surface area contributed by atoms with Crippen molar-refractivity contribution >= 4 is 11.9 Å². The predicted octanol–water partition coefficient (Wildman–Crippen LogP) is 1.45. The lowest BCUT2D eigenvalue weighted by Gasteiger charge is -2.19. The molecule has 1 aromatic heterocycles. The first-order chi connectivity index (χ1) is 8.45. The predicted molar refractivity (Wildman–Crippen MR) is 62.5 cm³/mol. The maximum Gasteiger partial charge on any atom is 0.326 e. The fourth-order valence-corrected chi connectivity index (χ4v) is 1.43. The van der Waals surface area contributed by atoms with Crippen LogP contribution >= 0.6 is 0 Å². The molecule has 0 saturated heterocycles. The molecule has 18 heavy (non-hydrogen) atoms. The molecule has 0 aliphatic rings. The fraction of sp³-hybridized carbons (Fsp3) is 0.417. The molecule has 2 N–H and O–H groups in total. The summed E-state index contributed by atoms with van der Waals surface area (Å²) < 4.78 is 12.8. The molecule has 0 unspecified atom stereocenters. The van der Waals surface area contributed by atoms with Crippen LogP contribution in [0.4, 0.5) is 4.39 Å². The highest BCUT2D eigenvalue weighted by atomic mass is 19.1. The fourth-order valence-electron chi connectivity index (χ4n) is 1.43. The summed E-state index contributed by atoms with van der Waals surface area (Å²) >= 11 is 0. The molecular formula is C12H15FN2O3. The van der Waals surface area contributed by atoms with Gasteiger partial charge in [-0.3, -0.25) is 4.79 Å². The number of hydrogen-bond donors (Lipinski definition) is 2. The Morgan fingerprint density at radius 1 is 1.50 bits per heavy atom. The van der Waals surface area contributed by atoms with Crippen molar-refractivity contribution in [3.8, 4) is 0 Å². The van der Waals surface area contributed by atoms with E-state index in [2.05, 4.69) is 10.3 Å². The second kappa shape index (κ2) is 6.09. The maximum atomic E-state index is 12.8. The van der Waals surface area contributed by atoms with Crippen LogP contribution in [0.3, 0.4) is 0 Å². The molecule has 1 rings (SSSR count). The first-order valence-electron chi connectivity index (χ1n) is 5.62. The standard InChI is InChI=1S/C12H15FN2O3/c1-3-7(2)10(12(17)18)15-11(16)8-5-4-6-9(13)14-8/h4-7,10H,3H2,1-2H3,(H,15,16)(H,17,18)/t7-,10+/m1/s1. The third kappa shape index (κ3) is 3.51. The average molecular weight is 254 g/mol.